The number of amides is 2. The molecule has 1 aromatic rings. The van der Waals surface area contributed by atoms with Crippen molar-refractivity contribution in [2.75, 3.05) is 23.4 Å². The van der Waals surface area contributed by atoms with E-state index in [1.54, 1.807) is 0 Å². The van der Waals surface area contributed by atoms with Gasteiger partial charge in [0.15, 0.2) is 0 Å². The molecule has 3 rings (SSSR count). The predicted molar refractivity (Wildman–Crippen MR) is 122 cm³/mol. The minimum atomic E-state index is -0.584. The van der Waals surface area contributed by atoms with E-state index in [4.69, 9.17) is 4.74 Å². The van der Waals surface area contributed by atoms with Crippen LogP contribution in [-0.4, -0.2) is 25.0 Å². The van der Waals surface area contributed by atoms with Crippen molar-refractivity contribution < 1.29 is 14.3 Å². The van der Waals surface area contributed by atoms with Gasteiger partial charge in [-0.05, 0) is 50.7 Å². The maximum absolute atomic E-state index is 13.1. The van der Waals surface area contributed by atoms with E-state index in [-0.39, 0.29) is 11.8 Å². The Morgan fingerprint density at radius 1 is 1.23 bits per heavy atom. The number of ether oxygens (including phenoxy) is 1. The topological polar surface area (TPSA) is 58.6 Å². The van der Waals surface area contributed by atoms with Gasteiger partial charge in [0.2, 0.25) is 11.8 Å². The van der Waals surface area contributed by atoms with Crippen molar-refractivity contribution in [1.82, 2.24) is 0 Å². The molecule has 1 fully saturated rings. The Kier molecular flexibility index (Phi) is 7.43. The van der Waals surface area contributed by atoms with Gasteiger partial charge in [0, 0.05) is 24.7 Å². The number of hydrogen-bond donors (Lipinski definition) is 1. The van der Waals surface area contributed by atoms with Gasteiger partial charge in [-0.1, -0.05) is 46.0 Å². The van der Waals surface area contributed by atoms with Crippen LogP contribution < -0.4 is 15.0 Å². The second-order valence-corrected chi connectivity index (χ2v) is 10.1. The third kappa shape index (κ3) is 5.77. The zero-order chi connectivity index (χ0) is 21.7. The van der Waals surface area contributed by atoms with Gasteiger partial charge >= 0.3 is 0 Å². The quantitative estimate of drug-likeness (QED) is 0.615. The summed E-state index contributed by atoms with van der Waals surface area (Å²) in [6.45, 7) is 9.18. The van der Waals surface area contributed by atoms with Crippen LogP contribution in [0.2, 0.25) is 0 Å². The second-order valence-electron chi connectivity index (χ2n) is 10.1. The van der Waals surface area contributed by atoms with Gasteiger partial charge in [0.05, 0.1) is 11.1 Å². The SMILES string of the molecule is CC(C)CCN1C(=O)C(C)(C)COc2cc(NC(=O)CCC3CCCCC3)ccc21. The molecule has 0 bridgehead atoms. The molecule has 1 N–H and O–H groups in total. The first-order chi connectivity index (χ1) is 14.3. The normalized spacial score (nSPS) is 19.2. The first-order valence-corrected chi connectivity index (χ1v) is 11.6. The third-order valence-electron chi connectivity index (χ3n) is 6.38. The number of nitrogens with one attached hydrogen (secondary N) is 1. The van der Waals surface area contributed by atoms with E-state index in [2.05, 4.69) is 19.2 Å². The van der Waals surface area contributed by atoms with Gasteiger partial charge in [-0.25, -0.2) is 0 Å². The summed E-state index contributed by atoms with van der Waals surface area (Å²) >= 11 is 0. The monoisotopic (exact) mass is 414 g/mol. The number of rotatable bonds is 7. The average Bonchev–Trinajstić information content (AvgIpc) is 2.80. The number of benzene rings is 1. The standard InChI is InChI=1S/C25H38N2O3/c1-18(2)14-15-27-21-12-11-20(16-22(21)30-17-25(3,4)24(27)29)26-23(28)13-10-19-8-6-5-7-9-19/h11-12,16,18-19H,5-10,13-15,17H2,1-4H3,(H,26,28). The molecule has 30 heavy (non-hydrogen) atoms. The molecule has 0 unspecified atom stereocenters. The molecule has 0 radical (unpaired) electrons. The molecule has 1 saturated carbocycles. The summed E-state index contributed by atoms with van der Waals surface area (Å²) in [6.07, 6.45) is 8.93. The maximum Gasteiger partial charge on any atom is 0.236 e. The Labute approximate surface area is 181 Å². The minimum absolute atomic E-state index is 0.0576. The van der Waals surface area contributed by atoms with Gasteiger partial charge in [-0.3, -0.25) is 9.59 Å². The van der Waals surface area contributed by atoms with Crippen molar-refractivity contribution in [3.8, 4) is 5.75 Å². The zero-order valence-corrected chi connectivity index (χ0v) is 19.1. The van der Waals surface area contributed by atoms with Crippen molar-refractivity contribution in [3.63, 3.8) is 0 Å². The summed E-state index contributed by atoms with van der Waals surface area (Å²) in [4.78, 5) is 27.4. The molecule has 0 aromatic heterocycles. The third-order valence-corrected chi connectivity index (χ3v) is 6.38. The van der Waals surface area contributed by atoms with Crippen LogP contribution in [-0.2, 0) is 9.59 Å². The number of hydrogen-bond acceptors (Lipinski definition) is 3. The van der Waals surface area contributed by atoms with Crippen LogP contribution in [0, 0.1) is 17.3 Å². The van der Waals surface area contributed by atoms with Gasteiger partial charge in [-0.2, -0.15) is 0 Å². The van der Waals surface area contributed by atoms with Crippen molar-refractivity contribution in [1.29, 1.82) is 0 Å². The van der Waals surface area contributed by atoms with E-state index in [0.29, 0.717) is 37.2 Å². The van der Waals surface area contributed by atoms with E-state index in [9.17, 15) is 9.59 Å². The summed E-state index contributed by atoms with van der Waals surface area (Å²) < 4.78 is 6.03. The Morgan fingerprint density at radius 2 is 1.97 bits per heavy atom. The Balaban J connectivity index is 1.69. The Hall–Kier alpha value is -2.04. The predicted octanol–water partition coefficient (Wildman–Crippen LogP) is 5.78. The molecule has 0 atom stereocenters. The summed E-state index contributed by atoms with van der Waals surface area (Å²) in [6, 6.07) is 5.66. The lowest BCUT2D eigenvalue weighted by Gasteiger charge is -2.28. The molecule has 2 amide bonds. The highest BCUT2D eigenvalue weighted by molar-refractivity contribution is 6.00. The fourth-order valence-electron chi connectivity index (χ4n) is 4.37. The van der Waals surface area contributed by atoms with E-state index >= 15 is 0 Å². The van der Waals surface area contributed by atoms with E-state index < -0.39 is 5.41 Å². The Morgan fingerprint density at radius 3 is 2.67 bits per heavy atom. The highest BCUT2D eigenvalue weighted by Crippen LogP contribution is 2.38. The summed E-state index contributed by atoms with van der Waals surface area (Å²) in [7, 11) is 0. The molecule has 1 aliphatic carbocycles. The first-order valence-electron chi connectivity index (χ1n) is 11.6. The highest BCUT2D eigenvalue weighted by atomic mass is 16.5. The summed E-state index contributed by atoms with van der Waals surface area (Å²) in [5.74, 6) is 2.02. The van der Waals surface area contributed by atoms with Crippen LogP contribution in [0.1, 0.15) is 79.1 Å². The van der Waals surface area contributed by atoms with Crippen molar-refractivity contribution >= 4 is 23.2 Å². The van der Waals surface area contributed by atoms with Crippen molar-refractivity contribution in [2.24, 2.45) is 17.3 Å². The molecule has 5 nitrogen and oxygen atoms in total. The Bertz CT molecular complexity index is 751. The second kappa shape index (κ2) is 9.84. The van der Waals surface area contributed by atoms with Crippen LogP contribution in [0.5, 0.6) is 5.75 Å². The number of carbonyl (C=O) groups is 2. The first kappa shape index (κ1) is 22.6. The van der Waals surface area contributed by atoms with E-state index in [1.807, 2.05) is 36.9 Å². The molecule has 0 saturated heterocycles. The molecule has 1 aliphatic heterocycles. The van der Waals surface area contributed by atoms with Gasteiger partial charge in [0.1, 0.15) is 12.4 Å². The van der Waals surface area contributed by atoms with E-state index in [0.717, 1.165) is 24.2 Å². The fourth-order valence-corrected chi connectivity index (χ4v) is 4.37. The molecule has 2 aliphatic rings. The molecule has 1 aromatic carbocycles. The largest absolute Gasteiger partial charge is 0.490 e. The number of carbonyl (C=O) groups excluding carboxylic acids is 2. The fraction of sp³-hybridized carbons (Fsp3) is 0.680. The van der Waals surface area contributed by atoms with Crippen LogP contribution in [0.25, 0.3) is 0 Å². The number of fused-ring (bicyclic) bond motifs is 1. The molecular weight excluding hydrogens is 376 g/mol. The van der Waals surface area contributed by atoms with Crippen LogP contribution >= 0.6 is 0 Å². The molecule has 0 spiro atoms. The molecule has 5 heteroatoms. The van der Waals surface area contributed by atoms with Crippen LogP contribution in [0.15, 0.2) is 18.2 Å². The molecule has 166 valence electrons. The van der Waals surface area contributed by atoms with Crippen LogP contribution in [0.3, 0.4) is 0 Å². The van der Waals surface area contributed by atoms with Gasteiger partial charge < -0.3 is 15.0 Å². The number of nitrogens with zero attached hydrogens (tertiary/aromatic N) is 1. The van der Waals surface area contributed by atoms with E-state index in [1.165, 1.54) is 32.1 Å². The average molecular weight is 415 g/mol. The highest BCUT2D eigenvalue weighted by Gasteiger charge is 2.37. The lowest BCUT2D eigenvalue weighted by Crippen LogP contribution is -2.42. The lowest BCUT2D eigenvalue weighted by atomic mass is 9.86. The smallest absolute Gasteiger partial charge is 0.236 e. The van der Waals surface area contributed by atoms with Gasteiger partial charge in [-0.15, -0.1) is 0 Å². The minimum Gasteiger partial charge on any atom is -0.490 e. The van der Waals surface area contributed by atoms with Crippen molar-refractivity contribution in [3.05, 3.63) is 18.2 Å². The van der Waals surface area contributed by atoms with Crippen molar-refractivity contribution in [2.45, 2.75) is 79.1 Å². The van der Waals surface area contributed by atoms with Gasteiger partial charge in [0.25, 0.3) is 0 Å². The summed E-state index contributed by atoms with van der Waals surface area (Å²) in [5.41, 5.74) is 0.948. The lowest BCUT2D eigenvalue weighted by molar-refractivity contribution is -0.127. The maximum atomic E-state index is 13.1. The summed E-state index contributed by atoms with van der Waals surface area (Å²) in [5, 5.41) is 3.03. The zero-order valence-electron chi connectivity index (χ0n) is 19.1. The molecular formula is C25H38N2O3. The number of anilines is 2. The molecule has 1 heterocycles. The van der Waals surface area contributed by atoms with Crippen LogP contribution in [0.4, 0.5) is 11.4 Å².